The van der Waals surface area contributed by atoms with Crippen molar-refractivity contribution in [2.75, 3.05) is 0 Å². The van der Waals surface area contributed by atoms with Crippen molar-refractivity contribution in [2.24, 2.45) is 0 Å². The second-order valence-corrected chi connectivity index (χ2v) is 1.27. The fourth-order valence-electron chi connectivity index (χ4n) is 0.342. The summed E-state index contributed by atoms with van der Waals surface area (Å²) >= 11 is 0. The van der Waals surface area contributed by atoms with Crippen molar-refractivity contribution < 1.29 is 14.4 Å². The molecule has 1 rings (SSSR count). The third kappa shape index (κ3) is 5.21. The van der Waals surface area contributed by atoms with Gasteiger partial charge in [-0.1, -0.05) is 6.07 Å². The lowest BCUT2D eigenvalue weighted by Gasteiger charge is -1.78. The van der Waals surface area contributed by atoms with Crippen LogP contribution in [0.5, 0.6) is 0 Å². The van der Waals surface area contributed by atoms with Crippen LogP contribution in [0.15, 0.2) is 24.4 Å². The van der Waals surface area contributed by atoms with E-state index in [1.165, 1.54) is 12.3 Å². The first-order chi connectivity index (χ1) is 4.81. The molecule has 1 radical (unpaired) electrons. The zero-order valence-corrected chi connectivity index (χ0v) is 5.11. The third-order valence-electron chi connectivity index (χ3n) is 0.629. The van der Waals surface area contributed by atoms with Gasteiger partial charge in [-0.15, -0.1) is 0 Å². The van der Waals surface area contributed by atoms with Crippen molar-refractivity contribution in [2.45, 2.75) is 0 Å². The summed E-state index contributed by atoms with van der Waals surface area (Å²) in [6.07, 6.45) is 1.41. The van der Waals surface area contributed by atoms with Crippen LogP contribution in [-0.4, -0.2) is 22.7 Å². The van der Waals surface area contributed by atoms with E-state index in [9.17, 15) is 4.39 Å². The highest BCUT2D eigenvalue weighted by atomic mass is 19.1. The summed E-state index contributed by atoms with van der Waals surface area (Å²) in [6.45, 7) is 0. The predicted molar refractivity (Wildman–Crippen MR) is 34.4 cm³/mol. The van der Waals surface area contributed by atoms with Crippen LogP contribution in [0.2, 0.25) is 0 Å². The molecule has 1 heterocycles. The third-order valence-corrected chi connectivity index (χ3v) is 0.629. The van der Waals surface area contributed by atoms with Crippen LogP contribution < -0.4 is 0 Å². The van der Waals surface area contributed by atoms with E-state index in [2.05, 4.69) is 4.98 Å². The molecule has 1 aromatic heterocycles. The molecule has 1 aromatic rings. The molecule has 0 aromatic carbocycles. The standard InChI is InChI=1S/C5H4FN.BH2O2/c6-5-3-1-2-4-7-5;2-1-3/h1-4H;2-3H. The molecule has 0 amide bonds. The second-order valence-electron chi connectivity index (χ2n) is 1.27. The van der Waals surface area contributed by atoms with E-state index in [0.29, 0.717) is 0 Å². The Balaban J connectivity index is 0.000000236. The van der Waals surface area contributed by atoms with Gasteiger partial charge in [0.15, 0.2) is 0 Å². The zero-order chi connectivity index (χ0) is 7.82. The molecule has 0 unspecified atom stereocenters. The predicted octanol–water partition coefficient (Wildman–Crippen LogP) is -0.274. The van der Waals surface area contributed by atoms with Gasteiger partial charge in [-0.2, -0.15) is 4.39 Å². The Morgan fingerprint density at radius 3 is 2.20 bits per heavy atom. The van der Waals surface area contributed by atoms with E-state index in [-0.39, 0.29) is 7.69 Å². The summed E-state index contributed by atoms with van der Waals surface area (Å²) in [5, 5.41) is 14.0. The lowest BCUT2D eigenvalue weighted by molar-refractivity contribution is 0.448. The zero-order valence-electron chi connectivity index (χ0n) is 5.11. The van der Waals surface area contributed by atoms with Crippen LogP contribution in [0, 0.1) is 5.95 Å². The Labute approximate surface area is 58.5 Å². The van der Waals surface area contributed by atoms with Gasteiger partial charge in [-0.05, 0) is 12.1 Å². The molecule has 0 aliphatic rings. The van der Waals surface area contributed by atoms with Gasteiger partial charge in [0.1, 0.15) is 0 Å². The monoisotopic (exact) mass is 142 g/mol. The van der Waals surface area contributed by atoms with Crippen molar-refractivity contribution in [3.8, 4) is 0 Å². The van der Waals surface area contributed by atoms with Crippen LogP contribution in [0.1, 0.15) is 0 Å². The van der Waals surface area contributed by atoms with Crippen molar-refractivity contribution in [1.29, 1.82) is 0 Å². The maximum atomic E-state index is 11.8. The van der Waals surface area contributed by atoms with E-state index in [4.69, 9.17) is 10.0 Å². The van der Waals surface area contributed by atoms with Crippen molar-refractivity contribution >= 4 is 7.69 Å². The molecule has 0 saturated carbocycles. The second kappa shape index (κ2) is 6.19. The van der Waals surface area contributed by atoms with E-state index >= 15 is 0 Å². The number of rotatable bonds is 0. The maximum absolute atomic E-state index is 11.8. The normalized spacial score (nSPS) is 7.50. The van der Waals surface area contributed by atoms with Gasteiger partial charge >= 0.3 is 7.69 Å². The Hall–Kier alpha value is -0.935. The summed E-state index contributed by atoms with van der Waals surface area (Å²) in [4.78, 5) is 3.31. The lowest BCUT2D eigenvalue weighted by Crippen LogP contribution is -1.75. The van der Waals surface area contributed by atoms with Crippen LogP contribution in [0.25, 0.3) is 0 Å². The van der Waals surface area contributed by atoms with E-state index in [1.807, 2.05) is 0 Å². The topological polar surface area (TPSA) is 53.4 Å². The van der Waals surface area contributed by atoms with Crippen molar-refractivity contribution in [3.63, 3.8) is 0 Å². The Bertz CT molecular complexity index is 161. The first-order valence-electron chi connectivity index (χ1n) is 2.48. The minimum atomic E-state index is -0.428. The van der Waals surface area contributed by atoms with E-state index in [1.54, 1.807) is 12.1 Å². The summed E-state index contributed by atoms with van der Waals surface area (Å²) < 4.78 is 11.8. The molecule has 0 aliphatic carbocycles. The van der Waals surface area contributed by atoms with Gasteiger partial charge in [-0.3, -0.25) is 0 Å². The lowest BCUT2D eigenvalue weighted by atomic mass is 10.5. The summed E-state index contributed by atoms with van der Waals surface area (Å²) in [7, 11) is 0. The molecule has 0 aliphatic heterocycles. The fourth-order valence-corrected chi connectivity index (χ4v) is 0.342. The van der Waals surface area contributed by atoms with Crippen LogP contribution >= 0.6 is 0 Å². The van der Waals surface area contributed by atoms with Crippen molar-refractivity contribution in [1.82, 2.24) is 4.98 Å². The number of halogens is 1. The average Bonchev–Trinajstić information content (AvgIpc) is 1.91. The SMILES string of the molecule is Fc1ccccn1.O[B]O. The van der Waals surface area contributed by atoms with Crippen molar-refractivity contribution in [3.05, 3.63) is 30.3 Å². The summed E-state index contributed by atoms with van der Waals surface area (Å²) in [5.41, 5.74) is 0. The fraction of sp³-hybridized carbons (Fsp3) is 0. The summed E-state index contributed by atoms with van der Waals surface area (Å²) in [5.74, 6) is -0.428. The number of pyridine rings is 1. The molecule has 0 spiro atoms. The highest BCUT2D eigenvalue weighted by Gasteiger charge is 1.78. The number of hydrogen-bond donors (Lipinski definition) is 2. The van der Waals surface area contributed by atoms with Gasteiger partial charge in [0.05, 0.1) is 0 Å². The molecule has 2 N–H and O–H groups in total. The van der Waals surface area contributed by atoms with Crippen LogP contribution in [0.4, 0.5) is 4.39 Å². The minimum Gasteiger partial charge on any atom is -0.429 e. The smallest absolute Gasteiger partial charge is 0.429 e. The Kier molecular flexibility index (Phi) is 5.61. The molecule has 0 fully saturated rings. The maximum Gasteiger partial charge on any atom is 0.482 e. The molecule has 0 atom stereocenters. The quantitative estimate of drug-likeness (QED) is 0.387. The molecule has 5 heteroatoms. The largest absolute Gasteiger partial charge is 0.482 e. The molecular weight excluding hydrogens is 136 g/mol. The minimum absolute atomic E-state index is 0. The number of aromatic nitrogens is 1. The first-order valence-corrected chi connectivity index (χ1v) is 2.48. The Morgan fingerprint density at radius 1 is 1.40 bits per heavy atom. The van der Waals surface area contributed by atoms with Crippen LogP contribution in [-0.2, 0) is 0 Å². The van der Waals surface area contributed by atoms with Gasteiger partial charge in [0, 0.05) is 6.20 Å². The number of hydrogen-bond acceptors (Lipinski definition) is 3. The van der Waals surface area contributed by atoms with Gasteiger partial charge in [0.2, 0.25) is 5.95 Å². The van der Waals surface area contributed by atoms with Gasteiger partial charge in [-0.25, -0.2) is 4.98 Å². The molecule has 53 valence electrons. The molecule has 10 heavy (non-hydrogen) atoms. The molecule has 0 saturated heterocycles. The molecular formula is C5H6BFNO2. The van der Waals surface area contributed by atoms with Gasteiger partial charge < -0.3 is 10.0 Å². The van der Waals surface area contributed by atoms with E-state index in [0.717, 1.165) is 0 Å². The highest BCUT2D eigenvalue weighted by molar-refractivity contribution is 6.13. The van der Waals surface area contributed by atoms with Gasteiger partial charge in [0.25, 0.3) is 0 Å². The highest BCUT2D eigenvalue weighted by Crippen LogP contribution is 1.85. The number of nitrogens with zero attached hydrogens (tertiary/aromatic N) is 1. The van der Waals surface area contributed by atoms with E-state index < -0.39 is 5.95 Å². The molecule has 3 nitrogen and oxygen atoms in total. The summed E-state index contributed by atoms with van der Waals surface area (Å²) in [6, 6.07) is 4.57. The first kappa shape index (κ1) is 9.06. The molecule has 0 bridgehead atoms. The van der Waals surface area contributed by atoms with Crippen LogP contribution in [0.3, 0.4) is 0 Å². The average molecular weight is 142 g/mol. The Morgan fingerprint density at radius 2 is 2.00 bits per heavy atom.